The summed E-state index contributed by atoms with van der Waals surface area (Å²) in [5.74, 6) is -0.0683. The number of ether oxygens (including phenoxy) is 2. The molecule has 0 radical (unpaired) electrons. The van der Waals surface area contributed by atoms with Crippen LogP contribution in [-0.4, -0.2) is 119 Å². The topological polar surface area (TPSA) is 150 Å². The molecule has 6 heterocycles. The number of piperazine rings is 1. The van der Waals surface area contributed by atoms with Crippen LogP contribution in [0.4, 0.5) is 21.6 Å². The minimum Gasteiger partial charge on any atom is -0.493 e. The number of anilines is 3. The molecule has 16 heteroatoms. The smallest absolute Gasteiger partial charge is 0.262 e. The van der Waals surface area contributed by atoms with E-state index >= 15 is 0 Å². The molecule has 308 valence electrons. The van der Waals surface area contributed by atoms with Gasteiger partial charge >= 0.3 is 0 Å². The highest BCUT2D eigenvalue weighted by molar-refractivity contribution is 6.31. The number of aromatic nitrogens is 2. The first kappa shape index (κ1) is 39.1. The van der Waals surface area contributed by atoms with E-state index in [4.69, 9.17) is 21.1 Å². The van der Waals surface area contributed by atoms with Gasteiger partial charge in [-0.15, -0.1) is 0 Å². The largest absolute Gasteiger partial charge is 0.493 e. The quantitative estimate of drug-likeness (QED) is 0.139. The monoisotopic (exact) mass is 824 g/mol. The van der Waals surface area contributed by atoms with Gasteiger partial charge in [-0.05, 0) is 100.0 Å². The summed E-state index contributed by atoms with van der Waals surface area (Å²) in [5, 5.41) is 6.22. The number of nitrogens with one attached hydrogen (secondary N) is 2. The molecule has 3 aromatic carbocycles. The van der Waals surface area contributed by atoms with Gasteiger partial charge in [-0.25, -0.2) is 14.4 Å². The summed E-state index contributed by atoms with van der Waals surface area (Å²) in [4.78, 5) is 68.4. The number of carbonyl (C=O) groups is 4. The van der Waals surface area contributed by atoms with E-state index in [-0.39, 0.29) is 23.8 Å². The Bertz CT molecular complexity index is 2310. The molecule has 4 fully saturated rings. The van der Waals surface area contributed by atoms with Crippen LogP contribution in [0, 0.1) is 11.7 Å². The third-order valence-electron chi connectivity index (χ3n) is 12.5. The zero-order valence-corrected chi connectivity index (χ0v) is 33.5. The number of imide groups is 2. The molecule has 59 heavy (non-hydrogen) atoms. The molecule has 4 saturated heterocycles. The molecule has 4 amide bonds. The van der Waals surface area contributed by atoms with Crippen LogP contribution in [0.25, 0.3) is 10.9 Å². The molecular formula is C43H46ClFN8O6. The Morgan fingerprint density at radius 2 is 1.66 bits per heavy atom. The number of nitrogens with zero attached hydrogens (tertiary/aromatic N) is 6. The van der Waals surface area contributed by atoms with Crippen LogP contribution in [-0.2, 0) is 9.59 Å². The van der Waals surface area contributed by atoms with Crippen LogP contribution in [0.1, 0.15) is 65.7 Å². The first-order chi connectivity index (χ1) is 28.6. The van der Waals surface area contributed by atoms with Crippen molar-refractivity contribution in [1.82, 2.24) is 30.0 Å². The van der Waals surface area contributed by atoms with Gasteiger partial charge in [0, 0.05) is 67.5 Å². The summed E-state index contributed by atoms with van der Waals surface area (Å²) >= 11 is 5.99. The number of piperidine rings is 2. The van der Waals surface area contributed by atoms with Gasteiger partial charge in [0.25, 0.3) is 11.8 Å². The summed E-state index contributed by atoms with van der Waals surface area (Å²) in [5.41, 5.74) is 2.87. The van der Waals surface area contributed by atoms with Crippen LogP contribution >= 0.6 is 11.6 Å². The van der Waals surface area contributed by atoms with Crippen molar-refractivity contribution < 1.29 is 33.0 Å². The highest BCUT2D eigenvalue weighted by atomic mass is 35.5. The number of amides is 4. The predicted molar refractivity (Wildman–Crippen MR) is 219 cm³/mol. The number of likely N-dealkylation sites (tertiary alicyclic amines) is 2. The Hall–Kier alpha value is -5.38. The fraction of sp³-hybridized carbons (Fsp3) is 0.442. The standard InChI is InChI=1S/C43H46ClFN8O6/c1-58-37-20-35-32(40(47-24-46-35)48-26-3-8-34(45)33(44)17-26)19-38(37)59-16-2-13-50-14-11-25(12-15-50)21-51-22-28-4-5-29(23-51)52(28)27-6-7-30-31(18-27)43(57)53(42(30)56)36-9-10-39(54)49-41(36)55/h3,6-8,17-20,24-25,28-29,36H,2,4-5,9-16,21-23H2,1H3,(H,46,47,48)(H,49,54,55). The molecule has 1 aromatic heterocycles. The highest BCUT2D eigenvalue weighted by Gasteiger charge is 2.46. The lowest BCUT2D eigenvalue weighted by Crippen LogP contribution is -2.55. The number of benzene rings is 3. The van der Waals surface area contributed by atoms with Gasteiger partial charge in [-0.1, -0.05) is 11.6 Å². The minimum atomic E-state index is -0.970. The minimum absolute atomic E-state index is 0.0175. The third kappa shape index (κ3) is 7.78. The molecule has 0 saturated carbocycles. The van der Waals surface area contributed by atoms with Gasteiger partial charge in [0.1, 0.15) is 24.0 Å². The molecule has 9 rings (SSSR count). The van der Waals surface area contributed by atoms with Gasteiger partial charge in [0.05, 0.1) is 35.4 Å². The third-order valence-corrected chi connectivity index (χ3v) is 12.8. The Kier molecular flexibility index (Phi) is 10.8. The van der Waals surface area contributed by atoms with Crippen molar-refractivity contribution in [3.63, 3.8) is 0 Å². The summed E-state index contributed by atoms with van der Waals surface area (Å²) < 4.78 is 25.6. The van der Waals surface area contributed by atoms with Crippen LogP contribution in [0.2, 0.25) is 5.02 Å². The number of hydrogen-bond donors (Lipinski definition) is 2. The fourth-order valence-electron chi connectivity index (χ4n) is 9.56. The SMILES string of the molecule is COc1cc2ncnc(Nc3ccc(F)c(Cl)c3)c2cc1OCCCN1CCC(CN2CC3CCC(C2)N3c2ccc3c(c2)C(=O)N(C2CCC(=O)NC2=O)C3=O)CC1. The van der Waals surface area contributed by atoms with Crippen molar-refractivity contribution in [2.75, 3.05) is 63.2 Å². The molecule has 4 aromatic rings. The maximum Gasteiger partial charge on any atom is 0.262 e. The van der Waals surface area contributed by atoms with E-state index in [1.807, 2.05) is 24.3 Å². The van der Waals surface area contributed by atoms with Crippen molar-refractivity contribution in [2.45, 2.75) is 63.1 Å². The lowest BCUT2D eigenvalue weighted by Gasteiger charge is -2.44. The Balaban J connectivity index is 0.747. The molecule has 0 spiro atoms. The average Bonchev–Trinajstić information content (AvgIpc) is 3.64. The van der Waals surface area contributed by atoms with E-state index in [2.05, 4.69) is 35.3 Å². The Labute approximate surface area is 346 Å². The molecule has 0 aliphatic carbocycles. The maximum absolute atomic E-state index is 13.7. The summed E-state index contributed by atoms with van der Waals surface area (Å²) in [7, 11) is 1.60. The normalized spacial score (nSPS) is 22.6. The van der Waals surface area contributed by atoms with E-state index in [0.717, 1.165) is 87.3 Å². The van der Waals surface area contributed by atoms with Crippen molar-refractivity contribution in [3.05, 3.63) is 76.8 Å². The van der Waals surface area contributed by atoms with Gasteiger partial charge in [-0.3, -0.25) is 34.3 Å². The molecule has 5 aliphatic rings. The van der Waals surface area contributed by atoms with E-state index in [0.29, 0.717) is 64.3 Å². The Morgan fingerprint density at radius 3 is 2.41 bits per heavy atom. The molecule has 14 nitrogen and oxygen atoms in total. The first-order valence-electron chi connectivity index (χ1n) is 20.4. The second-order valence-electron chi connectivity index (χ2n) is 16.2. The van der Waals surface area contributed by atoms with Gasteiger partial charge in [0.15, 0.2) is 11.5 Å². The van der Waals surface area contributed by atoms with Crippen molar-refractivity contribution in [3.8, 4) is 11.5 Å². The van der Waals surface area contributed by atoms with E-state index < -0.39 is 29.6 Å². The average molecular weight is 825 g/mol. The van der Waals surface area contributed by atoms with E-state index in [1.54, 1.807) is 19.2 Å². The summed E-state index contributed by atoms with van der Waals surface area (Å²) in [6.07, 6.45) is 7.01. The zero-order valence-electron chi connectivity index (χ0n) is 32.8. The van der Waals surface area contributed by atoms with Crippen LogP contribution in [0.3, 0.4) is 0 Å². The number of carbonyl (C=O) groups excluding carboxylic acids is 4. The fourth-order valence-corrected chi connectivity index (χ4v) is 9.74. The van der Waals surface area contributed by atoms with Crippen LogP contribution in [0.5, 0.6) is 11.5 Å². The van der Waals surface area contributed by atoms with Crippen molar-refractivity contribution >= 4 is 63.3 Å². The first-order valence-corrected chi connectivity index (χ1v) is 20.8. The molecular weight excluding hydrogens is 779 g/mol. The highest BCUT2D eigenvalue weighted by Crippen LogP contribution is 2.39. The summed E-state index contributed by atoms with van der Waals surface area (Å²) in [6, 6.07) is 13.3. The molecule has 3 unspecified atom stereocenters. The maximum atomic E-state index is 13.7. The lowest BCUT2D eigenvalue weighted by molar-refractivity contribution is -0.136. The number of methoxy groups -OCH3 is 1. The molecule has 3 atom stereocenters. The number of rotatable bonds is 12. The van der Waals surface area contributed by atoms with Gasteiger partial charge in [0.2, 0.25) is 11.8 Å². The van der Waals surface area contributed by atoms with Crippen LogP contribution in [0.15, 0.2) is 54.9 Å². The number of hydrogen-bond acceptors (Lipinski definition) is 12. The van der Waals surface area contributed by atoms with Crippen molar-refractivity contribution in [2.24, 2.45) is 5.92 Å². The number of fused-ring (bicyclic) bond motifs is 4. The van der Waals surface area contributed by atoms with Crippen LogP contribution < -0.4 is 25.0 Å². The predicted octanol–water partition coefficient (Wildman–Crippen LogP) is 5.41. The number of halogens is 2. The summed E-state index contributed by atoms with van der Waals surface area (Å²) in [6.45, 7) is 6.55. The van der Waals surface area contributed by atoms with E-state index in [1.165, 1.54) is 18.5 Å². The lowest BCUT2D eigenvalue weighted by atomic mass is 9.95. The Morgan fingerprint density at radius 1 is 0.881 bits per heavy atom. The van der Waals surface area contributed by atoms with Gasteiger partial charge in [-0.2, -0.15) is 0 Å². The van der Waals surface area contributed by atoms with Gasteiger partial charge < -0.3 is 24.6 Å². The molecule has 5 aliphatic heterocycles. The zero-order chi connectivity index (χ0) is 40.8. The van der Waals surface area contributed by atoms with E-state index in [9.17, 15) is 23.6 Å². The molecule has 2 N–H and O–H groups in total. The molecule has 2 bridgehead atoms. The second-order valence-corrected chi connectivity index (χ2v) is 16.6. The second kappa shape index (κ2) is 16.3. The van der Waals surface area contributed by atoms with Crippen molar-refractivity contribution in [1.29, 1.82) is 0 Å².